The van der Waals surface area contributed by atoms with Crippen LogP contribution in [0.25, 0.3) is 16.3 Å². The molecule has 0 aliphatic carbocycles. The molecule has 4 aromatic rings. The number of nitrogens with zero attached hydrogens (tertiary/aromatic N) is 3. The summed E-state index contributed by atoms with van der Waals surface area (Å²) in [4.78, 5) is 30.0. The van der Waals surface area contributed by atoms with Crippen molar-refractivity contribution >= 4 is 44.4 Å². The Kier molecular flexibility index (Phi) is 6.09. The maximum Gasteiger partial charge on any atom is 0.269 e. The maximum atomic E-state index is 13.2. The number of carbonyl (C=O) groups is 1. The Bertz CT molecular complexity index is 1270. The molecule has 0 saturated carbocycles. The van der Waals surface area contributed by atoms with Gasteiger partial charge in [0.25, 0.3) is 11.6 Å². The van der Waals surface area contributed by atoms with Gasteiger partial charge >= 0.3 is 0 Å². The highest BCUT2D eigenvalue weighted by atomic mass is 32.1. The van der Waals surface area contributed by atoms with E-state index in [2.05, 4.69) is 13.0 Å². The second-order valence-corrected chi connectivity index (χ2v) is 8.50. The summed E-state index contributed by atoms with van der Waals surface area (Å²) in [5, 5.41) is 11.5. The van der Waals surface area contributed by atoms with Gasteiger partial charge in [0.2, 0.25) is 0 Å². The number of carbonyl (C=O) groups excluding carboxylic acids is 1. The van der Waals surface area contributed by atoms with E-state index < -0.39 is 4.92 Å². The monoisotopic (exact) mass is 443 g/mol. The summed E-state index contributed by atoms with van der Waals surface area (Å²) in [6.07, 6.45) is 3.14. The molecule has 0 bridgehead atoms. The molecule has 0 unspecified atom stereocenters. The molecule has 1 aromatic heterocycles. The molecule has 0 atom stereocenters. The van der Waals surface area contributed by atoms with Crippen LogP contribution in [0.4, 0.5) is 10.8 Å². The minimum atomic E-state index is -0.448. The van der Waals surface area contributed by atoms with Gasteiger partial charge in [0.1, 0.15) is 0 Å². The van der Waals surface area contributed by atoms with Gasteiger partial charge in [-0.1, -0.05) is 41.7 Å². The summed E-state index contributed by atoms with van der Waals surface area (Å²) >= 11 is 1.49. The van der Waals surface area contributed by atoms with Crippen molar-refractivity contribution < 1.29 is 9.72 Å². The summed E-state index contributed by atoms with van der Waals surface area (Å²) in [7, 11) is 0. The lowest BCUT2D eigenvalue weighted by Crippen LogP contribution is -2.28. The lowest BCUT2D eigenvalue weighted by Gasteiger charge is -2.18. The fraction of sp³-hybridized carbons (Fsp3) is 0.120. The number of hydrogen-bond donors (Lipinski definition) is 0. The van der Waals surface area contributed by atoms with Crippen LogP contribution in [0.2, 0.25) is 0 Å². The first-order valence-corrected chi connectivity index (χ1v) is 10.9. The van der Waals surface area contributed by atoms with Crippen LogP contribution in [0.15, 0.2) is 72.8 Å². The fourth-order valence-electron chi connectivity index (χ4n) is 3.25. The Morgan fingerprint density at radius 1 is 1.06 bits per heavy atom. The number of benzene rings is 3. The van der Waals surface area contributed by atoms with Crippen LogP contribution in [-0.2, 0) is 11.3 Å². The van der Waals surface area contributed by atoms with E-state index in [0.29, 0.717) is 17.2 Å². The van der Waals surface area contributed by atoms with E-state index in [-0.39, 0.29) is 11.6 Å². The average Bonchev–Trinajstić information content (AvgIpc) is 3.19. The predicted molar refractivity (Wildman–Crippen MR) is 129 cm³/mol. The Labute approximate surface area is 189 Å². The Hall–Kier alpha value is -3.84. The van der Waals surface area contributed by atoms with Crippen molar-refractivity contribution in [3.63, 3.8) is 0 Å². The van der Waals surface area contributed by atoms with E-state index >= 15 is 0 Å². The van der Waals surface area contributed by atoms with Crippen LogP contribution in [0.1, 0.15) is 22.3 Å². The minimum Gasteiger partial charge on any atom is -0.280 e. The molecule has 0 saturated heterocycles. The van der Waals surface area contributed by atoms with Gasteiger partial charge in [-0.2, -0.15) is 0 Å². The van der Waals surface area contributed by atoms with Gasteiger partial charge in [0.05, 0.1) is 21.7 Å². The predicted octanol–water partition coefficient (Wildman–Crippen LogP) is 6.07. The number of hydrogen-bond acceptors (Lipinski definition) is 5. The summed E-state index contributed by atoms with van der Waals surface area (Å²) in [6.45, 7) is 4.50. The molecular formula is C25H21N3O3S. The second kappa shape index (κ2) is 9.11. The number of rotatable bonds is 6. The number of non-ortho nitro benzene ring substituents is 1. The standard InChI is InChI=1S/C25H21N3O3S/c1-17-14-22-23(15-18(17)2)32-25(26-22)27(16-20-6-4-3-5-7-20)24(29)13-10-19-8-11-21(12-9-19)28(30)31/h3-15H,16H2,1-2H3/b13-10+. The van der Waals surface area contributed by atoms with Gasteiger partial charge in [0.15, 0.2) is 5.13 Å². The highest BCUT2D eigenvalue weighted by molar-refractivity contribution is 7.22. The zero-order valence-electron chi connectivity index (χ0n) is 17.7. The average molecular weight is 444 g/mol. The maximum absolute atomic E-state index is 13.2. The van der Waals surface area contributed by atoms with E-state index in [1.807, 2.05) is 43.3 Å². The molecule has 0 aliphatic rings. The zero-order valence-corrected chi connectivity index (χ0v) is 18.5. The van der Waals surface area contributed by atoms with Crippen LogP contribution >= 0.6 is 11.3 Å². The Morgan fingerprint density at radius 2 is 1.75 bits per heavy atom. The molecule has 3 aromatic carbocycles. The van der Waals surface area contributed by atoms with Gasteiger partial charge < -0.3 is 0 Å². The molecular weight excluding hydrogens is 422 g/mol. The van der Waals surface area contributed by atoms with Crippen molar-refractivity contribution in [2.75, 3.05) is 4.90 Å². The molecule has 6 nitrogen and oxygen atoms in total. The van der Waals surface area contributed by atoms with Crippen molar-refractivity contribution in [3.8, 4) is 0 Å². The molecule has 4 rings (SSSR count). The van der Waals surface area contributed by atoms with Crippen molar-refractivity contribution in [2.24, 2.45) is 0 Å². The van der Waals surface area contributed by atoms with E-state index in [4.69, 9.17) is 4.98 Å². The number of anilines is 1. The number of amides is 1. The van der Waals surface area contributed by atoms with Crippen LogP contribution in [0.3, 0.4) is 0 Å². The summed E-state index contributed by atoms with van der Waals surface area (Å²) in [5.74, 6) is -0.209. The molecule has 1 amide bonds. The van der Waals surface area contributed by atoms with Gasteiger partial charge in [-0.3, -0.25) is 19.8 Å². The Balaban J connectivity index is 1.65. The first kappa shape index (κ1) is 21.4. The zero-order chi connectivity index (χ0) is 22.7. The Morgan fingerprint density at radius 3 is 2.44 bits per heavy atom. The number of aryl methyl sites for hydroxylation is 2. The van der Waals surface area contributed by atoms with Crippen molar-refractivity contribution in [2.45, 2.75) is 20.4 Å². The van der Waals surface area contributed by atoms with Gasteiger partial charge in [-0.05, 0) is 66.4 Å². The SMILES string of the molecule is Cc1cc2nc(N(Cc3ccccc3)C(=O)/C=C/c3ccc([N+](=O)[O-])cc3)sc2cc1C. The van der Waals surface area contributed by atoms with E-state index in [9.17, 15) is 14.9 Å². The first-order valence-electron chi connectivity index (χ1n) is 10.1. The minimum absolute atomic E-state index is 0.0132. The van der Waals surface area contributed by atoms with Crippen LogP contribution in [0, 0.1) is 24.0 Å². The summed E-state index contributed by atoms with van der Waals surface area (Å²) in [5.41, 5.74) is 4.94. The van der Waals surface area contributed by atoms with Crippen molar-refractivity contribution in [3.05, 3.63) is 105 Å². The number of fused-ring (bicyclic) bond motifs is 1. The molecule has 160 valence electrons. The van der Waals surface area contributed by atoms with E-state index in [0.717, 1.165) is 21.3 Å². The van der Waals surface area contributed by atoms with Crippen LogP contribution in [-0.4, -0.2) is 15.8 Å². The third kappa shape index (κ3) is 4.73. The lowest BCUT2D eigenvalue weighted by atomic mass is 10.1. The third-order valence-corrected chi connectivity index (χ3v) is 6.24. The molecule has 0 aliphatic heterocycles. The first-order chi connectivity index (χ1) is 15.4. The lowest BCUT2D eigenvalue weighted by molar-refractivity contribution is -0.384. The molecule has 0 radical (unpaired) electrons. The molecule has 32 heavy (non-hydrogen) atoms. The van der Waals surface area contributed by atoms with Crippen LogP contribution < -0.4 is 4.90 Å². The molecule has 0 N–H and O–H groups in total. The number of nitro groups is 1. The highest BCUT2D eigenvalue weighted by Crippen LogP contribution is 2.32. The van der Waals surface area contributed by atoms with Gasteiger partial charge in [0, 0.05) is 18.2 Å². The molecule has 0 fully saturated rings. The van der Waals surface area contributed by atoms with E-state index in [1.54, 1.807) is 23.1 Å². The third-order valence-electron chi connectivity index (χ3n) is 5.20. The second-order valence-electron chi connectivity index (χ2n) is 7.49. The molecule has 0 spiro atoms. The van der Waals surface area contributed by atoms with Gasteiger partial charge in [-0.25, -0.2) is 4.98 Å². The van der Waals surface area contributed by atoms with Gasteiger partial charge in [-0.15, -0.1) is 0 Å². The summed E-state index contributed by atoms with van der Waals surface area (Å²) in [6, 6.07) is 20.0. The highest BCUT2D eigenvalue weighted by Gasteiger charge is 2.19. The molecule has 1 heterocycles. The number of thiazole rings is 1. The topological polar surface area (TPSA) is 76.3 Å². The smallest absolute Gasteiger partial charge is 0.269 e. The van der Waals surface area contributed by atoms with E-state index in [1.165, 1.54) is 35.1 Å². The molecule has 7 heteroatoms. The number of nitro benzene ring substituents is 1. The van der Waals surface area contributed by atoms with Crippen molar-refractivity contribution in [1.29, 1.82) is 0 Å². The van der Waals surface area contributed by atoms with Crippen molar-refractivity contribution in [1.82, 2.24) is 4.98 Å². The number of aromatic nitrogens is 1. The van der Waals surface area contributed by atoms with Crippen LogP contribution in [0.5, 0.6) is 0 Å². The normalized spacial score (nSPS) is 11.2. The summed E-state index contributed by atoms with van der Waals surface area (Å²) < 4.78 is 1.04. The fourth-order valence-corrected chi connectivity index (χ4v) is 4.30. The largest absolute Gasteiger partial charge is 0.280 e. The quantitative estimate of drug-likeness (QED) is 0.206.